The topological polar surface area (TPSA) is 36.4 Å². The number of hydrogen-bond acceptors (Lipinski definition) is 4. The molecule has 0 aromatic carbocycles. The van der Waals surface area contributed by atoms with Crippen molar-refractivity contribution in [1.29, 1.82) is 0 Å². The van der Waals surface area contributed by atoms with Crippen molar-refractivity contribution in [3.8, 4) is 0 Å². The van der Waals surface area contributed by atoms with Crippen LogP contribution < -0.4 is 0 Å². The maximum Gasteiger partial charge on any atom is 0.107 e. The first-order chi connectivity index (χ1) is 7.45. The number of aliphatic hydroxyl groups excluding tert-OH is 1. The smallest absolute Gasteiger partial charge is 0.107 e. The number of thiazole rings is 1. The van der Waals surface area contributed by atoms with Crippen molar-refractivity contribution in [2.45, 2.75) is 45.3 Å². The Kier molecular flexibility index (Phi) is 3.33. The van der Waals surface area contributed by atoms with Crippen LogP contribution in [0.25, 0.3) is 0 Å². The predicted molar refractivity (Wildman–Crippen MR) is 66.7 cm³/mol. The fourth-order valence-corrected chi connectivity index (χ4v) is 2.94. The van der Waals surface area contributed by atoms with E-state index in [-0.39, 0.29) is 11.5 Å². The quantitative estimate of drug-likeness (QED) is 0.859. The number of rotatable bonds is 2. The Morgan fingerprint density at radius 1 is 1.56 bits per heavy atom. The maximum absolute atomic E-state index is 9.45. The van der Waals surface area contributed by atoms with Gasteiger partial charge >= 0.3 is 0 Å². The summed E-state index contributed by atoms with van der Waals surface area (Å²) in [6.45, 7) is 9.23. The molecular weight excluding hydrogens is 220 g/mol. The molecule has 0 saturated carbocycles. The molecule has 90 valence electrons. The second-order valence-electron chi connectivity index (χ2n) is 5.55. The Hall–Kier alpha value is -0.450. The van der Waals surface area contributed by atoms with Gasteiger partial charge in [-0.3, -0.25) is 4.90 Å². The maximum atomic E-state index is 9.45. The largest absolute Gasteiger partial charge is 0.392 e. The predicted octanol–water partition coefficient (Wildman–Crippen LogP) is 2.01. The first-order valence-corrected chi connectivity index (χ1v) is 6.68. The fourth-order valence-electron chi connectivity index (χ4n) is 1.88. The molecule has 1 aliphatic heterocycles. The van der Waals surface area contributed by atoms with Crippen molar-refractivity contribution in [3.63, 3.8) is 0 Å². The first-order valence-electron chi connectivity index (χ1n) is 5.80. The van der Waals surface area contributed by atoms with Crippen LogP contribution in [0.3, 0.4) is 0 Å². The summed E-state index contributed by atoms with van der Waals surface area (Å²) >= 11 is 1.73. The van der Waals surface area contributed by atoms with Crippen molar-refractivity contribution in [1.82, 2.24) is 9.88 Å². The van der Waals surface area contributed by atoms with E-state index in [9.17, 15) is 5.11 Å². The zero-order valence-electron chi connectivity index (χ0n) is 10.2. The van der Waals surface area contributed by atoms with Gasteiger partial charge in [0.2, 0.25) is 0 Å². The van der Waals surface area contributed by atoms with Gasteiger partial charge in [0, 0.05) is 23.9 Å². The van der Waals surface area contributed by atoms with Gasteiger partial charge in [0.05, 0.1) is 18.3 Å². The molecule has 1 aliphatic rings. The molecule has 0 bridgehead atoms. The molecule has 1 aromatic rings. The highest BCUT2D eigenvalue weighted by Gasteiger charge is 2.22. The summed E-state index contributed by atoms with van der Waals surface area (Å²) in [6.07, 6.45) is 0.763. The monoisotopic (exact) mass is 240 g/mol. The van der Waals surface area contributed by atoms with Gasteiger partial charge < -0.3 is 5.11 Å². The number of aromatic nitrogens is 1. The minimum Gasteiger partial charge on any atom is -0.392 e. The van der Waals surface area contributed by atoms with Crippen LogP contribution >= 0.6 is 11.3 Å². The highest BCUT2D eigenvalue weighted by atomic mass is 32.1. The van der Waals surface area contributed by atoms with Crippen LogP contribution in [0.2, 0.25) is 0 Å². The van der Waals surface area contributed by atoms with Crippen LogP contribution in [-0.2, 0) is 12.0 Å². The normalized spacial score (nSPS) is 22.9. The van der Waals surface area contributed by atoms with E-state index >= 15 is 0 Å². The van der Waals surface area contributed by atoms with E-state index in [0.717, 1.165) is 26.1 Å². The van der Waals surface area contributed by atoms with Crippen molar-refractivity contribution in [3.05, 3.63) is 16.1 Å². The summed E-state index contributed by atoms with van der Waals surface area (Å²) in [4.78, 5) is 6.94. The zero-order valence-corrected chi connectivity index (χ0v) is 11.0. The van der Waals surface area contributed by atoms with Gasteiger partial charge in [0.1, 0.15) is 5.01 Å². The molecule has 3 nitrogen and oxygen atoms in total. The molecule has 1 N–H and O–H groups in total. The van der Waals surface area contributed by atoms with E-state index < -0.39 is 0 Å². The summed E-state index contributed by atoms with van der Waals surface area (Å²) in [7, 11) is 0. The van der Waals surface area contributed by atoms with E-state index in [1.807, 2.05) is 0 Å². The lowest BCUT2D eigenvalue weighted by atomic mass is 9.93. The molecule has 1 unspecified atom stereocenters. The lowest BCUT2D eigenvalue weighted by molar-refractivity contribution is 0.174. The summed E-state index contributed by atoms with van der Waals surface area (Å²) in [5.74, 6) is 0. The molecule has 0 aliphatic carbocycles. The molecule has 1 fully saturated rings. The summed E-state index contributed by atoms with van der Waals surface area (Å²) in [5.41, 5.74) is 1.31. The third kappa shape index (κ3) is 2.81. The summed E-state index contributed by atoms with van der Waals surface area (Å²) < 4.78 is 0. The van der Waals surface area contributed by atoms with Gasteiger partial charge in [-0.05, 0) is 6.42 Å². The van der Waals surface area contributed by atoms with Crippen LogP contribution in [0.1, 0.15) is 37.9 Å². The molecular formula is C12H20N2OS. The zero-order chi connectivity index (χ0) is 11.8. The Labute approximate surface area is 101 Å². The third-order valence-corrected chi connectivity index (χ3v) is 3.76. The van der Waals surface area contributed by atoms with Crippen molar-refractivity contribution in [2.24, 2.45) is 0 Å². The Bertz CT molecular complexity index is 356. The summed E-state index contributed by atoms with van der Waals surface area (Å²) in [6, 6.07) is 0. The van der Waals surface area contributed by atoms with Crippen LogP contribution in [-0.4, -0.2) is 34.2 Å². The van der Waals surface area contributed by atoms with Crippen molar-refractivity contribution in [2.75, 3.05) is 13.1 Å². The molecule has 16 heavy (non-hydrogen) atoms. The van der Waals surface area contributed by atoms with Crippen LogP contribution in [0, 0.1) is 0 Å². The number of aliphatic hydroxyl groups is 1. The van der Waals surface area contributed by atoms with Gasteiger partial charge in [0.15, 0.2) is 0 Å². The van der Waals surface area contributed by atoms with E-state index in [1.165, 1.54) is 10.7 Å². The van der Waals surface area contributed by atoms with Gasteiger partial charge in [-0.25, -0.2) is 4.98 Å². The molecule has 4 heteroatoms. The van der Waals surface area contributed by atoms with Crippen LogP contribution in [0.5, 0.6) is 0 Å². The average molecular weight is 240 g/mol. The van der Waals surface area contributed by atoms with Crippen molar-refractivity contribution < 1.29 is 5.11 Å². The number of likely N-dealkylation sites (tertiary alicyclic amines) is 1. The highest BCUT2D eigenvalue weighted by molar-refractivity contribution is 7.09. The molecule has 0 amide bonds. The standard InChI is InChI=1S/C12H20N2OS/c1-12(2,3)10-8-16-11(13-10)7-14-5-4-9(15)6-14/h8-9,15H,4-7H2,1-3H3. The number of hydrogen-bond donors (Lipinski definition) is 1. The Balaban J connectivity index is 1.98. The Morgan fingerprint density at radius 2 is 2.31 bits per heavy atom. The number of β-amino-alcohol motifs (C(OH)–C–C–N with tert-alkyl or cyclic N) is 1. The third-order valence-electron chi connectivity index (χ3n) is 2.93. The SMILES string of the molecule is CC(C)(C)c1csc(CN2CCC(O)C2)n1. The van der Waals surface area contributed by atoms with Crippen molar-refractivity contribution >= 4 is 11.3 Å². The van der Waals surface area contributed by atoms with E-state index in [0.29, 0.717) is 0 Å². The number of nitrogens with zero attached hydrogens (tertiary/aromatic N) is 2. The second-order valence-corrected chi connectivity index (χ2v) is 6.50. The lowest BCUT2D eigenvalue weighted by Crippen LogP contribution is -2.21. The van der Waals surface area contributed by atoms with Gasteiger partial charge in [-0.2, -0.15) is 0 Å². The molecule has 0 spiro atoms. The average Bonchev–Trinajstić information content (AvgIpc) is 2.74. The van der Waals surface area contributed by atoms with E-state index in [1.54, 1.807) is 11.3 Å². The lowest BCUT2D eigenvalue weighted by Gasteiger charge is -2.15. The Morgan fingerprint density at radius 3 is 2.81 bits per heavy atom. The van der Waals surface area contributed by atoms with Gasteiger partial charge in [0.25, 0.3) is 0 Å². The highest BCUT2D eigenvalue weighted by Crippen LogP contribution is 2.25. The molecule has 2 rings (SSSR count). The minimum atomic E-state index is -0.137. The molecule has 0 radical (unpaired) electrons. The van der Waals surface area contributed by atoms with Gasteiger partial charge in [-0.1, -0.05) is 20.8 Å². The second kappa shape index (κ2) is 4.43. The molecule has 2 heterocycles. The van der Waals surface area contributed by atoms with Crippen LogP contribution in [0.15, 0.2) is 5.38 Å². The first kappa shape index (κ1) is 12.0. The van der Waals surface area contributed by atoms with Gasteiger partial charge in [-0.15, -0.1) is 11.3 Å². The fraction of sp³-hybridized carbons (Fsp3) is 0.750. The molecule has 1 aromatic heterocycles. The van der Waals surface area contributed by atoms with E-state index in [4.69, 9.17) is 0 Å². The minimum absolute atomic E-state index is 0.137. The van der Waals surface area contributed by atoms with E-state index in [2.05, 4.69) is 36.0 Å². The van der Waals surface area contributed by atoms with Crippen LogP contribution in [0.4, 0.5) is 0 Å². The summed E-state index contributed by atoms with van der Waals surface area (Å²) in [5, 5.41) is 12.8. The molecule has 1 saturated heterocycles. The molecule has 1 atom stereocenters.